The van der Waals surface area contributed by atoms with E-state index < -0.39 is 23.0 Å². The summed E-state index contributed by atoms with van der Waals surface area (Å²) >= 11 is 0. The lowest BCUT2D eigenvalue weighted by Gasteiger charge is -2.05. The van der Waals surface area contributed by atoms with E-state index >= 15 is 0 Å². The van der Waals surface area contributed by atoms with Crippen molar-refractivity contribution in [3.8, 4) is 0 Å². The fraction of sp³-hybridized carbons (Fsp3) is 0.231. The summed E-state index contributed by atoms with van der Waals surface area (Å²) in [6, 6.07) is 5.16. The van der Waals surface area contributed by atoms with Crippen molar-refractivity contribution < 1.29 is 13.6 Å². The number of rotatable bonds is 3. The zero-order valence-corrected chi connectivity index (χ0v) is 10.1. The van der Waals surface area contributed by atoms with Gasteiger partial charge in [-0.25, -0.2) is 8.78 Å². The maximum atomic E-state index is 13.4. The Morgan fingerprint density at radius 3 is 2.39 bits per heavy atom. The molecule has 0 aliphatic heterocycles. The van der Waals surface area contributed by atoms with Crippen LogP contribution in [-0.2, 0) is 6.54 Å². The molecule has 2 aromatic rings. The van der Waals surface area contributed by atoms with Gasteiger partial charge in [0.2, 0.25) is 0 Å². The highest BCUT2D eigenvalue weighted by Crippen LogP contribution is 2.14. The first-order valence-corrected chi connectivity index (χ1v) is 5.47. The van der Waals surface area contributed by atoms with Crippen LogP contribution in [0.1, 0.15) is 21.7 Å². The molecule has 94 valence electrons. The second kappa shape index (κ2) is 4.68. The fourth-order valence-electron chi connectivity index (χ4n) is 1.81. The zero-order chi connectivity index (χ0) is 13.3. The number of aryl methyl sites for hydroxylation is 2. The third kappa shape index (κ3) is 2.30. The molecule has 0 saturated carbocycles. The lowest BCUT2D eigenvalue weighted by atomic mass is 10.1. The van der Waals surface area contributed by atoms with E-state index in [4.69, 9.17) is 0 Å². The minimum Gasteiger partial charge on any atom is -0.292 e. The van der Waals surface area contributed by atoms with E-state index in [1.54, 1.807) is 19.9 Å². The number of benzene rings is 1. The molecule has 0 atom stereocenters. The quantitative estimate of drug-likeness (QED) is 0.785. The maximum Gasteiger partial charge on any atom is 0.190 e. The van der Waals surface area contributed by atoms with Gasteiger partial charge in [0.25, 0.3) is 0 Å². The van der Waals surface area contributed by atoms with Crippen LogP contribution in [0.2, 0.25) is 0 Å². The second-order valence-electron chi connectivity index (χ2n) is 4.10. The highest BCUT2D eigenvalue weighted by atomic mass is 19.1. The van der Waals surface area contributed by atoms with E-state index in [2.05, 4.69) is 5.10 Å². The average Bonchev–Trinajstić information content (AvgIpc) is 2.57. The van der Waals surface area contributed by atoms with Gasteiger partial charge in [0.1, 0.15) is 18.2 Å². The van der Waals surface area contributed by atoms with Crippen molar-refractivity contribution in [1.82, 2.24) is 9.78 Å². The number of carbonyl (C=O) groups is 1. The van der Waals surface area contributed by atoms with Crippen molar-refractivity contribution in [1.29, 1.82) is 0 Å². The minimum atomic E-state index is -0.846. The number of aromatic nitrogens is 2. The molecule has 0 radical (unpaired) electrons. The summed E-state index contributed by atoms with van der Waals surface area (Å²) in [5.41, 5.74) is 1.02. The standard InChI is InChI=1S/C13H12F2N2O/c1-8-6-9(2)17(16-8)7-12(18)13-10(14)4-3-5-11(13)15/h3-6H,7H2,1-2H3. The Kier molecular flexibility index (Phi) is 3.23. The van der Waals surface area contributed by atoms with Crippen LogP contribution in [0, 0.1) is 25.5 Å². The maximum absolute atomic E-state index is 13.4. The van der Waals surface area contributed by atoms with Crippen LogP contribution in [-0.4, -0.2) is 15.6 Å². The highest BCUT2D eigenvalue weighted by molar-refractivity contribution is 5.96. The molecule has 3 nitrogen and oxygen atoms in total. The molecule has 0 bridgehead atoms. The Morgan fingerprint density at radius 1 is 1.28 bits per heavy atom. The molecule has 0 unspecified atom stereocenters. The van der Waals surface area contributed by atoms with Gasteiger partial charge in [-0.1, -0.05) is 6.07 Å². The number of carbonyl (C=O) groups excluding carboxylic acids is 1. The third-order valence-corrected chi connectivity index (χ3v) is 2.64. The van der Waals surface area contributed by atoms with Gasteiger partial charge >= 0.3 is 0 Å². The van der Waals surface area contributed by atoms with Crippen molar-refractivity contribution in [2.75, 3.05) is 0 Å². The molecule has 0 saturated heterocycles. The van der Waals surface area contributed by atoms with E-state index in [0.29, 0.717) is 0 Å². The minimum absolute atomic E-state index is 0.169. The summed E-state index contributed by atoms with van der Waals surface area (Å²) in [4.78, 5) is 11.9. The summed E-state index contributed by atoms with van der Waals surface area (Å²) in [6.07, 6.45) is 0. The molecule has 2 rings (SSSR count). The van der Waals surface area contributed by atoms with Crippen molar-refractivity contribution in [2.45, 2.75) is 20.4 Å². The average molecular weight is 250 g/mol. The van der Waals surface area contributed by atoms with Crippen LogP contribution < -0.4 is 0 Å². The largest absolute Gasteiger partial charge is 0.292 e. The third-order valence-electron chi connectivity index (χ3n) is 2.64. The van der Waals surface area contributed by atoms with Crippen LogP contribution >= 0.6 is 0 Å². The predicted molar refractivity (Wildman–Crippen MR) is 62.4 cm³/mol. The molecule has 18 heavy (non-hydrogen) atoms. The van der Waals surface area contributed by atoms with Gasteiger partial charge in [0.15, 0.2) is 5.78 Å². The zero-order valence-electron chi connectivity index (χ0n) is 10.1. The van der Waals surface area contributed by atoms with E-state index in [1.807, 2.05) is 0 Å². The Labute approximate surface area is 103 Å². The Balaban J connectivity index is 2.30. The number of hydrogen-bond acceptors (Lipinski definition) is 2. The molecule has 1 aromatic carbocycles. The van der Waals surface area contributed by atoms with Crippen LogP contribution in [0.3, 0.4) is 0 Å². The van der Waals surface area contributed by atoms with Crippen LogP contribution in [0.4, 0.5) is 8.78 Å². The van der Waals surface area contributed by atoms with Gasteiger partial charge in [0, 0.05) is 5.69 Å². The summed E-state index contributed by atoms with van der Waals surface area (Å²) in [6.45, 7) is 3.40. The van der Waals surface area contributed by atoms with Gasteiger partial charge in [-0.3, -0.25) is 9.48 Å². The van der Waals surface area contributed by atoms with E-state index in [9.17, 15) is 13.6 Å². The smallest absolute Gasteiger partial charge is 0.190 e. The number of Topliss-reactive ketones (excluding diaryl/α,β-unsaturated/α-hetero) is 1. The van der Waals surface area contributed by atoms with Gasteiger partial charge in [-0.2, -0.15) is 5.10 Å². The number of ketones is 1. The lowest BCUT2D eigenvalue weighted by Crippen LogP contribution is -2.15. The molecule has 0 amide bonds. The molecular weight excluding hydrogens is 238 g/mol. The van der Waals surface area contributed by atoms with E-state index in [1.165, 1.54) is 10.7 Å². The molecule has 0 fully saturated rings. The molecule has 5 heteroatoms. The summed E-state index contributed by atoms with van der Waals surface area (Å²) in [5, 5.41) is 4.09. The Hall–Kier alpha value is -2.04. The van der Waals surface area contributed by atoms with Crippen LogP contribution in [0.15, 0.2) is 24.3 Å². The first-order chi connectivity index (χ1) is 8.49. The lowest BCUT2D eigenvalue weighted by molar-refractivity contribution is 0.0958. The molecule has 1 aromatic heterocycles. The molecular formula is C13H12F2N2O. The molecule has 0 aliphatic rings. The molecule has 0 aliphatic carbocycles. The molecule has 0 spiro atoms. The van der Waals surface area contributed by atoms with E-state index in [0.717, 1.165) is 23.5 Å². The van der Waals surface area contributed by atoms with Crippen LogP contribution in [0.25, 0.3) is 0 Å². The van der Waals surface area contributed by atoms with Gasteiger partial charge < -0.3 is 0 Å². The number of nitrogens with zero attached hydrogens (tertiary/aromatic N) is 2. The summed E-state index contributed by atoms with van der Waals surface area (Å²) < 4.78 is 28.3. The van der Waals surface area contributed by atoms with Crippen molar-refractivity contribution in [3.05, 3.63) is 52.9 Å². The first-order valence-electron chi connectivity index (χ1n) is 5.47. The van der Waals surface area contributed by atoms with Gasteiger partial charge in [0.05, 0.1) is 11.3 Å². The van der Waals surface area contributed by atoms with Crippen molar-refractivity contribution >= 4 is 5.78 Å². The van der Waals surface area contributed by atoms with E-state index in [-0.39, 0.29) is 6.54 Å². The monoisotopic (exact) mass is 250 g/mol. The Morgan fingerprint density at radius 2 is 1.89 bits per heavy atom. The summed E-state index contributed by atoms with van der Waals surface area (Å²) in [7, 11) is 0. The fourth-order valence-corrected chi connectivity index (χ4v) is 1.81. The van der Waals surface area contributed by atoms with Gasteiger partial charge in [-0.15, -0.1) is 0 Å². The van der Waals surface area contributed by atoms with Crippen LogP contribution in [0.5, 0.6) is 0 Å². The SMILES string of the molecule is Cc1cc(C)n(CC(=O)c2c(F)cccc2F)n1. The van der Waals surface area contributed by atoms with Crippen molar-refractivity contribution in [3.63, 3.8) is 0 Å². The highest BCUT2D eigenvalue weighted by Gasteiger charge is 2.18. The topological polar surface area (TPSA) is 34.9 Å². The summed E-state index contributed by atoms with van der Waals surface area (Å²) in [5.74, 6) is -2.32. The number of hydrogen-bond donors (Lipinski definition) is 0. The van der Waals surface area contributed by atoms with Gasteiger partial charge in [-0.05, 0) is 32.0 Å². The van der Waals surface area contributed by atoms with Crippen molar-refractivity contribution in [2.24, 2.45) is 0 Å². The second-order valence-corrected chi connectivity index (χ2v) is 4.10. The Bertz CT molecular complexity index is 585. The molecule has 1 heterocycles. The number of halogens is 2. The predicted octanol–water partition coefficient (Wildman–Crippen LogP) is 2.66. The normalized spacial score (nSPS) is 10.7. The first kappa shape index (κ1) is 12.4. The molecule has 0 N–H and O–H groups in total.